The van der Waals surface area contributed by atoms with Crippen LogP contribution in [-0.2, 0) is 0 Å². The first-order valence-electron chi connectivity index (χ1n) is 13.5. The van der Waals surface area contributed by atoms with Crippen LogP contribution in [-0.4, -0.2) is 9.13 Å². The molecule has 0 amide bonds. The number of para-hydroxylation sites is 3. The number of hydrogen-bond acceptors (Lipinski definition) is 0. The van der Waals surface area contributed by atoms with Gasteiger partial charge in [0.15, 0.2) is 0 Å². The molecule has 0 saturated carbocycles. The van der Waals surface area contributed by atoms with E-state index in [0.29, 0.717) is 0 Å². The molecule has 0 aliphatic heterocycles. The molecule has 0 atom stereocenters. The summed E-state index contributed by atoms with van der Waals surface area (Å²) in [6.45, 7) is 2.16. The Morgan fingerprint density at radius 3 is 1.44 bits per heavy atom. The van der Waals surface area contributed by atoms with Gasteiger partial charge < -0.3 is 9.13 Å². The molecule has 2 heterocycles. The predicted molar refractivity (Wildman–Crippen MR) is 165 cm³/mol. The summed E-state index contributed by atoms with van der Waals surface area (Å²) >= 11 is 0. The first kappa shape index (κ1) is 22.0. The molecule has 0 unspecified atom stereocenters. The molecule has 6 aromatic carbocycles. The maximum Gasteiger partial charge on any atom is 0.0547 e. The SMILES string of the molecule is Cc1cccc(-n2c3ccccc3c3ccc(-c4ccc5c6ccccc6n(-c6ccccc6)c5c4)cc32)c1. The van der Waals surface area contributed by atoms with E-state index in [2.05, 4.69) is 156 Å². The summed E-state index contributed by atoms with van der Waals surface area (Å²) in [6.07, 6.45) is 0. The molecule has 0 saturated heterocycles. The molecule has 0 aliphatic rings. The van der Waals surface area contributed by atoms with Crippen LogP contribution in [0.25, 0.3) is 66.1 Å². The van der Waals surface area contributed by atoms with Crippen molar-refractivity contribution in [2.45, 2.75) is 6.92 Å². The normalized spacial score (nSPS) is 11.7. The van der Waals surface area contributed by atoms with Gasteiger partial charge in [0.05, 0.1) is 22.1 Å². The number of benzene rings is 6. The average Bonchev–Trinajstić information content (AvgIpc) is 3.49. The van der Waals surface area contributed by atoms with Gasteiger partial charge >= 0.3 is 0 Å². The van der Waals surface area contributed by atoms with E-state index in [1.807, 2.05) is 0 Å². The average molecular weight is 499 g/mol. The van der Waals surface area contributed by atoms with Gasteiger partial charge in [-0.15, -0.1) is 0 Å². The zero-order valence-corrected chi connectivity index (χ0v) is 21.7. The largest absolute Gasteiger partial charge is 0.309 e. The van der Waals surface area contributed by atoms with Gasteiger partial charge in [-0.1, -0.05) is 91.0 Å². The quantitative estimate of drug-likeness (QED) is 0.229. The molecule has 2 nitrogen and oxygen atoms in total. The lowest BCUT2D eigenvalue weighted by atomic mass is 10.0. The van der Waals surface area contributed by atoms with Gasteiger partial charge in [0, 0.05) is 32.9 Å². The molecule has 0 aliphatic carbocycles. The minimum absolute atomic E-state index is 1.18. The zero-order chi connectivity index (χ0) is 25.9. The Hall–Kier alpha value is -5.08. The number of aryl methyl sites for hydroxylation is 1. The number of nitrogens with zero attached hydrogens (tertiary/aromatic N) is 2. The van der Waals surface area contributed by atoms with Crippen LogP contribution in [0.3, 0.4) is 0 Å². The van der Waals surface area contributed by atoms with Crippen molar-refractivity contribution < 1.29 is 0 Å². The summed E-state index contributed by atoms with van der Waals surface area (Å²) in [7, 11) is 0. The highest BCUT2D eigenvalue weighted by molar-refractivity contribution is 6.12. The Balaban J connectivity index is 1.40. The second-order valence-corrected chi connectivity index (χ2v) is 10.3. The molecule has 0 radical (unpaired) electrons. The van der Waals surface area contributed by atoms with E-state index in [0.717, 1.165) is 0 Å². The van der Waals surface area contributed by atoms with Crippen LogP contribution in [0.2, 0.25) is 0 Å². The number of rotatable bonds is 3. The summed E-state index contributed by atoms with van der Waals surface area (Å²) in [6, 6.07) is 50.7. The van der Waals surface area contributed by atoms with Gasteiger partial charge in [0.25, 0.3) is 0 Å². The Bertz CT molecular complexity index is 2180. The van der Waals surface area contributed by atoms with Gasteiger partial charge in [0.1, 0.15) is 0 Å². The standard InChI is InChI=1S/C37H26N2/c1-25-10-9-13-29(22-25)39-35-17-8-6-15-31(35)33-21-19-27(24-37(33)39)26-18-20-32-30-14-5-7-16-34(30)38(36(32)23-26)28-11-3-2-4-12-28/h2-24H,1H3. The maximum atomic E-state index is 2.40. The van der Waals surface area contributed by atoms with E-state index >= 15 is 0 Å². The topological polar surface area (TPSA) is 9.86 Å². The molecule has 0 spiro atoms. The van der Waals surface area contributed by atoms with E-state index in [1.165, 1.54) is 71.7 Å². The van der Waals surface area contributed by atoms with Crippen molar-refractivity contribution >= 4 is 43.6 Å². The maximum absolute atomic E-state index is 2.40. The molecule has 39 heavy (non-hydrogen) atoms. The minimum atomic E-state index is 1.18. The van der Waals surface area contributed by atoms with E-state index in [4.69, 9.17) is 0 Å². The van der Waals surface area contributed by atoms with Gasteiger partial charge in [-0.2, -0.15) is 0 Å². The predicted octanol–water partition coefficient (Wildman–Crippen LogP) is 9.86. The zero-order valence-electron chi connectivity index (χ0n) is 21.7. The van der Waals surface area contributed by atoms with E-state index in [1.54, 1.807) is 0 Å². The lowest BCUT2D eigenvalue weighted by Gasteiger charge is -2.11. The van der Waals surface area contributed by atoms with Crippen molar-refractivity contribution in [3.8, 4) is 22.5 Å². The molecule has 0 fully saturated rings. The molecular formula is C37H26N2. The lowest BCUT2D eigenvalue weighted by molar-refractivity contribution is 1.17. The number of hydrogen-bond donors (Lipinski definition) is 0. The van der Waals surface area contributed by atoms with E-state index < -0.39 is 0 Å². The van der Waals surface area contributed by atoms with Crippen LogP contribution in [0.4, 0.5) is 0 Å². The fourth-order valence-corrected chi connectivity index (χ4v) is 6.20. The highest BCUT2D eigenvalue weighted by atomic mass is 15.0. The molecule has 2 heteroatoms. The number of aromatic nitrogens is 2. The Morgan fingerprint density at radius 2 is 0.846 bits per heavy atom. The second kappa shape index (κ2) is 8.47. The van der Waals surface area contributed by atoms with Crippen LogP contribution in [0, 0.1) is 6.92 Å². The van der Waals surface area contributed by atoms with Gasteiger partial charge in [0.2, 0.25) is 0 Å². The van der Waals surface area contributed by atoms with Crippen molar-refractivity contribution in [1.82, 2.24) is 9.13 Å². The van der Waals surface area contributed by atoms with Crippen molar-refractivity contribution in [1.29, 1.82) is 0 Å². The van der Waals surface area contributed by atoms with Gasteiger partial charge in [-0.25, -0.2) is 0 Å². The summed E-state index contributed by atoms with van der Waals surface area (Å²) in [5, 5.41) is 5.10. The minimum Gasteiger partial charge on any atom is -0.309 e. The van der Waals surface area contributed by atoms with Crippen molar-refractivity contribution in [2.24, 2.45) is 0 Å². The first-order valence-corrected chi connectivity index (χ1v) is 13.5. The fourth-order valence-electron chi connectivity index (χ4n) is 6.20. The van der Waals surface area contributed by atoms with Crippen LogP contribution in [0.5, 0.6) is 0 Å². The molecular weight excluding hydrogens is 472 g/mol. The summed E-state index contributed by atoms with van der Waals surface area (Å²) < 4.78 is 4.79. The van der Waals surface area contributed by atoms with Crippen molar-refractivity contribution in [2.75, 3.05) is 0 Å². The fraction of sp³-hybridized carbons (Fsp3) is 0.0270. The third-order valence-corrected chi connectivity index (χ3v) is 7.96. The smallest absolute Gasteiger partial charge is 0.0547 e. The third kappa shape index (κ3) is 3.35. The van der Waals surface area contributed by atoms with E-state index in [9.17, 15) is 0 Å². The van der Waals surface area contributed by atoms with Crippen molar-refractivity contribution in [3.63, 3.8) is 0 Å². The lowest BCUT2D eigenvalue weighted by Crippen LogP contribution is -1.94. The molecule has 8 rings (SSSR count). The molecule has 8 aromatic rings. The Kier molecular flexibility index (Phi) is 4.77. The van der Waals surface area contributed by atoms with Crippen LogP contribution in [0.1, 0.15) is 5.56 Å². The second-order valence-electron chi connectivity index (χ2n) is 10.3. The van der Waals surface area contributed by atoms with Crippen LogP contribution >= 0.6 is 0 Å². The first-order chi connectivity index (χ1) is 19.3. The number of fused-ring (bicyclic) bond motifs is 6. The highest BCUT2D eigenvalue weighted by Crippen LogP contribution is 2.38. The third-order valence-electron chi connectivity index (χ3n) is 7.96. The molecule has 0 bridgehead atoms. The monoisotopic (exact) mass is 498 g/mol. The van der Waals surface area contributed by atoms with Crippen LogP contribution < -0.4 is 0 Å². The van der Waals surface area contributed by atoms with Crippen LogP contribution in [0.15, 0.2) is 140 Å². The summed E-state index contributed by atoms with van der Waals surface area (Å²) in [4.78, 5) is 0. The molecule has 2 aromatic heterocycles. The molecule has 0 N–H and O–H groups in total. The van der Waals surface area contributed by atoms with Gasteiger partial charge in [-0.3, -0.25) is 0 Å². The van der Waals surface area contributed by atoms with E-state index in [-0.39, 0.29) is 0 Å². The summed E-state index contributed by atoms with van der Waals surface area (Å²) in [5.74, 6) is 0. The molecule has 184 valence electrons. The summed E-state index contributed by atoms with van der Waals surface area (Å²) in [5.41, 5.74) is 11.0. The highest BCUT2D eigenvalue weighted by Gasteiger charge is 2.16. The van der Waals surface area contributed by atoms with Gasteiger partial charge in [-0.05, 0) is 72.1 Å². The Morgan fingerprint density at radius 1 is 0.359 bits per heavy atom. The Labute approximate surface area is 227 Å². The van der Waals surface area contributed by atoms with Crippen molar-refractivity contribution in [3.05, 3.63) is 145 Å².